The Morgan fingerprint density at radius 2 is 1.90 bits per heavy atom. The van der Waals surface area contributed by atoms with Crippen molar-refractivity contribution in [2.45, 2.75) is 13.8 Å². The number of fused-ring (bicyclic) bond motifs is 1. The van der Waals surface area contributed by atoms with Gasteiger partial charge in [-0.15, -0.1) is 5.10 Å². The van der Waals surface area contributed by atoms with E-state index in [0.717, 1.165) is 34.2 Å². The Bertz CT molecular complexity index is 1310. The molecule has 7 nitrogen and oxygen atoms in total. The van der Waals surface area contributed by atoms with Crippen molar-refractivity contribution in [3.63, 3.8) is 0 Å². The van der Waals surface area contributed by atoms with Crippen molar-refractivity contribution in [3.8, 4) is 23.0 Å². The number of halogens is 1. The highest BCUT2D eigenvalue weighted by Gasteiger charge is 2.14. The van der Waals surface area contributed by atoms with Crippen molar-refractivity contribution in [1.82, 2.24) is 15.0 Å². The van der Waals surface area contributed by atoms with E-state index >= 15 is 0 Å². The SMILES string of the molecule is CCN(CC)c1cc2oc(=O)c(-n3cc(-c4ccc(C#N)cc4)nn3)cc2cc1Br. The molecule has 0 N–H and O–H groups in total. The largest absolute Gasteiger partial charge is 0.421 e. The smallest absolute Gasteiger partial charge is 0.362 e. The van der Waals surface area contributed by atoms with Gasteiger partial charge in [-0.3, -0.25) is 0 Å². The number of hydrogen-bond donors (Lipinski definition) is 0. The molecule has 0 atom stereocenters. The molecular weight excluding hydrogens is 446 g/mol. The molecule has 0 amide bonds. The Kier molecular flexibility index (Phi) is 5.38. The minimum Gasteiger partial charge on any atom is -0.421 e. The van der Waals surface area contributed by atoms with Crippen molar-refractivity contribution in [2.75, 3.05) is 18.0 Å². The average Bonchev–Trinajstić information content (AvgIpc) is 3.25. The zero-order chi connectivity index (χ0) is 21.3. The Hall–Kier alpha value is -3.44. The minimum absolute atomic E-state index is 0.275. The summed E-state index contributed by atoms with van der Waals surface area (Å²) < 4.78 is 7.93. The first kappa shape index (κ1) is 19.9. The van der Waals surface area contributed by atoms with Crippen LogP contribution in [0.2, 0.25) is 0 Å². The van der Waals surface area contributed by atoms with Gasteiger partial charge in [-0.1, -0.05) is 17.3 Å². The fourth-order valence-electron chi connectivity index (χ4n) is 3.31. The first-order chi connectivity index (χ1) is 14.5. The summed E-state index contributed by atoms with van der Waals surface area (Å²) in [4.78, 5) is 14.8. The monoisotopic (exact) mass is 463 g/mol. The highest BCUT2D eigenvalue weighted by molar-refractivity contribution is 9.10. The zero-order valence-corrected chi connectivity index (χ0v) is 18.0. The van der Waals surface area contributed by atoms with Crippen LogP contribution < -0.4 is 10.5 Å². The van der Waals surface area contributed by atoms with E-state index < -0.39 is 5.63 Å². The second-order valence-electron chi connectivity index (χ2n) is 6.67. The molecule has 0 saturated heterocycles. The van der Waals surface area contributed by atoms with Gasteiger partial charge in [-0.05, 0) is 54.0 Å². The van der Waals surface area contributed by atoms with Gasteiger partial charge in [0.15, 0.2) is 5.69 Å². The third-order valence-corrected chi connectivity index (χ3v) is 5.57. The molecule has 2 aromatic carbocycles. The number of anilines is 1. The Labute approximate surface area is 181 Å². The van der Waals surface area contributed by atoms with Gasteiger partial charge >= 0.3 is 5.63 Å². The zero-order valence-electron chi connectivity index (χ0n) is 16.5. The number of hydrogen-bond acceptors (Lipinski definition) is 6. The number of benzene rings is 2. The van der Waals surface area contributed by atoms with E-state index in [4.69, 9.17) is 9.68 Å². The van der Waals surface area contributed by atoms with E-state index in [-0.39, 0.29) is 5.69 Å². The molecule has 0 bridgehead atoms. The predicted molar refractivity (Wildman–Crippen MR) is 119 cm³/mol. The lowest BCUT2D eigenvalue weighted by Crippen LogP contribution is -2.22. The van der Waals surface area contributed by atoms with Crippen LogP contribution in [0.5, 0.6) is 0 Å². The summed E-state index contributed by atoms with van der Waals surface area (Å²) in [6.45, 7) is 5.85. The molecule has 0 saturated carbocycles. The quantitative estimate of drug-likeness (QED) is 0.404. The summed E-state index contributed by atoms with van der Waals surface area (Å²) in [5, 5.41) is 18.0. The van der Waals surface area contributed by atoms with Crippen LogP contribution in [0.15, 0.2) is 62.3 Å². The van der Waals surface area contributed by atoms with E-state index in [1.807, 2.05) is 12.1 Å². The molecule has 0 aliphatic carbocycles. The third kappa shape index (κ3) is 3.60. The van der Waals surface area contributed by atoms with Gasteiger partial charge in [0.1, 0.15) is 11.3 Å². The molecule has 150 valence electrons. The van der Waals surface area contributed by atoms with Crippen LogP contribution in [0.4, 0.5) is 5.69 Å². The standard InChI is InChI=1S/C22H18BrN5O2/c1-3-27(4-2)19-11-21-16(9-17(19)23)10-20(22(29)30-21)28-13-18(25-26-28)15-7-5-14(12-24)6-8-15/h5-11,13H,3-4H2,1-2H3. The van der Waals surface area contributed by atoms with Gasteiger partial charge in [0.2, 0.25) is 0 Å². The lowest BCUT2D eigenvalue weighted by Gasteiger charge is -2.22. The summed E-state index contributed by atoms with van der Waals surface area (Å²) >= 11 is 3.63. The second-order valence-corrected chi connectivity index (χ2v) is 7.52. The summed E-state index contributed by atoms with van der Waals surface area (Å²) in [7, 11) is 0. The summed E-state index contributed by atoms with van der Waals surface area (Å²) in [6, 6.07) is 14.7. The normalized spacial score (nSPS) is 10.9. The molecule has 8 heteroatoms. The van der Waals surface area contributed by atoms with Crippen LogP contribution in [0.3, 0.4) is 0 Å². The van der Waals surface area contributed by atoms with Gasteiger partial charge in [0.25, 0.3) is 0 Å². The molecule has 4 aromatic rings. The number of nitrogens with zero attached hydrogens (tertiary/aromatic N) is 5. The van der Waals surface area contributed by atoms with Crippen LogP contribution in [0.25, 0.3) is 27.9 Å². The molecule has 0 radical (unpaired) electrons. The molecule has 4 rings (SSSR count). The third-order valence-electron chi connectivity index (χ3n) is 4.94. The number of rotatable bonds is 5. The van der Waals surface area contributed by atoms with Gasteiger partial charge in [0.05, 0.1) is 23.5 Å². The lowest BCUT2D eigenvalue weighted by atomic mass is 10.1. The second kappa shape index (κ2) is 8.13. The van der Waals surface area contributed by atoms with Crippen molar-refractivity contribution < 1.29 is 4.42 Å². The summed E-state index contributed by atoms with van der Waals surface area (Å²) in [5.41, 5.74) is 3.24. The van der Waals surface area contributed by atoms with Crippen molar-refractivity contribution in [2.24, 2.45) is 0 Å². The van der Waals surface area contributed by atoms with E-state index in [1.165, 1.54) is 4.68 Å². The van der Waals surface area contributed by atoms with Crippen molar-refractivity contribution >= 4 is 32.6 Å². The first-order valence-electron chi connectivity index (χ1n) is 9.49. The molecule has 30 heavy (non-hydrogen) atoms. The van der Waals surface area contributed by atoms with Crippen molar-refractivity contribution in [3.05, 3.63) is 69.1 Å². The highest BCUT2D eigenvalue weighted by Crippen LogP contribution is 2.31. The van der Waals surface area contributed by atoms with Crippen LogP contribution >= 0.6 is 15.9 Å². The van der Waals surface area contributed by atoms with E-state index in [2.05, 4.69) is 51.1 Å². The predicted octanol–water partition coefficient (Wildman–Crippen LogP) is 4.52. The average molecular weight is 464 g/mol. The molecule has 0 unspecified atom stereocenters. The number of nitriles is 1. The molecular formula is C22H18BrN5O2. The molecule has 0 aliphatic heterocycles. The first-order valence-corrected chi connectivity index (χ1v) is 10.3. The Morgan fingerprint density at radius 1 is 1.17 bits per heavy atom. The van der Waals surface area contributed by atoms with Gasteiger partial charge in [-0.25, -0.2) is 9.48 Å². The maximum absolute atomic E-state index is 12.7. The number of aromatic nitrogens is 3. The van der Waals surface area contributed by atoms with Crippen LogP contribution in [0.1, 0.15) is 19.4 Å². The van der Waals surface area contributed by atoms with E-state index in [1.54, 1.807) is 36.5 Å². The molecule has 2 heterocycles. The Morgan fingerprint density at radius 3 is 2.57 bits per heavy atom. The minimum atomic E-state index is -0.494. The summed E-state index contributed by atoms with van der Waals surface area (Å²) in [6.07, 6.45) is 1.67. The highest BCUT2D eigenvalue weighted by atomic mass is 79.9. The molecule has 0 spiro atoms. The van der Waals surface area contributed by atoms with Gasteiger partial charge in [-0.2, -0.15) is 5.26 Å². The molecule has 2 aromatic heterocycles. The van der Waals surface area contributed by atoms with Gasteiger partial charge in [0, 0.05) is 34.6 Å². The van der Waals surface area contributed by atoms with Crippen LogP contribution in [-0.2, 0) is 0 Å². The Balaban J connectivity index is 1.75. The maximum atomic E-state index is 12.7. The lowest BCUT2D eigenvalue weighted by molar-refractivity contribution is 0.550. The van der Waals surface area contributed by atoms with Crippen molar-refractivity contribution in [1.29, 1.82) is 5.26 Å². The maximum Gasteiger partial charge on any atom is 0.362 e. The molecule has 0 fully saturated rings. The summed E-state index contributed by atoms with van der Waals surface area (Å²) in [5.74, 6) is 0. The van der Waals surface area contributed by atoms with Crippen LogP contribution in [-0.4, -0.2) is 28.1 Å². The van der Waals surface area contributed by atoms with Gasteiger partial charge < -0.3 is 9.32 Å². The topological polar surface area (TPSA) is 88.0 Å². The fourth-order valence-corrected chi connectivity index (χ4v) is 3.93. The van der Waals surface area contributed by atoms with E-state index in [9.17, 15) is 4.79 Å². The van der Waals surface area contributed by atoms with E-state index in [0.29, 0.717) is 16.8 Å². The molecule has 0 aliphatic rings. The fraction of sp³-hybridized carbons (Fsp3) is 0.182. The van der Waals surface area contributed by atoms with Crippen LogP contribution in [0, 0.1) is 11.3 Å².